The van der Waals surface area contributed by atoms with Gasteiger partial charge in [0.1, 0.15) is 5.60 Å². The number of benzene rings is 4. The number of rotatable bonds is 6. The number of nitrogens with zero attached hydrogens (tertiary/aromatic N) is 3. The number of carbonyl (C=O) groups is 1. The minimum Gasteiger partial charge on any atom is -0.444 e. The van der Waals surface area contributed by atoms with Gasteiger partial charge in [0.15, 0.2) is 0 Å². The zero-order valence-electron chi connectivity index (χ0n) is 22.4. The van der Waals surface area contributed by atoms with Crippen LogP contribution in [0.4, 0.5) is 16.2 Å². The predicted octanol–water partition coefficient (Wildman–Crippen LogP) is 7.61. The third-order valence-electron chi connectivity index (χ3n) is 5.97. The molecule has 2 N–H and O–H groups in total. The van der Waals surface area contributed by atoms with Gasteiger partial charge in [-0.05, 0) is 93.6 Å². The fraction of sp³-hybridized carbons (Fsp3) is 0.194. The van der Waals surface area contributed by atoms with Gasteiger partial charge in [-0.1, -0.05) is 35.3 Å². The number of aromatic nitrogens is 2. The summed E-state index contributed by atoms with van der Waals surface area (Å²) in [7, 11) is 0. The molecule has 3 aromatic rings. The second-order valence-corrected chi connectivity index (χ2v) is 11.1. The second-order valence-electron chi connectivity index (χ2n) is 10.2. The van der Waals surface area contributed by atoms with Crippen molar-refractivity contribution in [2.75, 3.05) is 18.4 Å². The topological polar surface area (TPSA) is 80.5 Å². The van der Waals surface area contributed by atoms with Crippen LogP contribution < -0.4 is 16.0 Å². The van der Waals surface area contributed by atoms with E-state index in [0.717, 1.165) is 39.5 Å². The normalized spacial score (nSPS) is 12.1. The maximum absolute atomic E-state index is 12.1. The van der Waals surface area contributed by atoms with Gasteiger partial charge in [0.25, 0.3) is 0 Å². The van der Waals surface area contributed by atoms with E-state index in [4.69, 9.17) is 37.9 Å². The Kier molecular flexibility index (Phi) is 7.96. The molecule has 3 aromatic carbocycles. The number of fused-ring (bicyclic) bond motifs is 2. The molecular formula is C31H29Cl2N5O2. The van der Waals surface area contributed by atoms with Gasteiger partial charge in [-0.25, -0.2) is 9.78 Å². The van der Waals surface area contributed by atoms with Gasteiger partial charge in [-0.3, -0.25) is 4.99 Å². The maximum Gasteiger partial charge on any atom is 0.407 e. The van der Waals surface area contributed by atoms with E-state index in [9.17, 15) is 4.79 Å². The number of para-hydroxylation sites is 2. The van der Waals surface area contributed by atoms with Crippen LogP contribution in [0, 0.1) is 0 Å². The molecule has 0 bridgehead atoms. The number of nitrogens with one attached hydrogen (secondary N) is 2. The fourth-order valence-corrected chi connectivity index (χ4v) is 4.53. The minimum absolute atomic E-state index is 0.320. The number of alkyl carbamates (subject to hydrolysis) is 1. The Bertz CT molecular complexity index is 1690. The molecule has 0 spiro atoms. The van der Waals surface area contributed by atoms with Crippen molar-refractivity contribution in [1.29, 1.82) is 0 Å². The smallest absolute Gasteiger partial charge is 0.407 e. The monoisotopic (exact) mass is 573 g/mol. The molecule has 204 valence electrons. The lowest BCUT2D eigenvalue weighted by molar-refractivity contribution is 0.0529. The van der Waals surface area contributed by atoms with Crippen LogP contribution in [0.15, 0.2) is 89.9 Å². The molecule has 1 amide bonds. The summed E-state index contributed by atoms with van der Waals surface area (Å²) in [4.78, 5) is 21.9. The minimum atomic E-state index is -0.569. The third-order valence-corrected chi connectivity index (χ3v) is 6.47. The van der Waals surface area contributed by atoms with E-state index >= 15 is 0 Å². The van der Waals surface area contributed by atoms with E-state index in [-0.39, 0.29) is 0 Å². The SMILES string of the molecule is CC(C)(C)OC(=O)NCCN=c1cc2n(-c3ccc(Cl)cc3)c3ccccc3nc-2cc1Nc1ccc(Cl)cc1. The van der Waals surface area contributed by atoms with Crippen LogP contribution in [-0.2, 0) is 4.74 Å². The average Bonchev–Trinajstić information content (AvgIpc) is 2.91. The number of anilines is 2. The van der Waals surface area contributed by atoms with Crippen LogP contribution in [-0.4, -0.2) is 34.3 Å². The molecule has 1 heterocycles. The fourth-order valence-electron chi connectivity index (χ4n) is 4.28. The summed E-state index contributed by atoms with van der Waals surface area (Å²) >= 11 is 12.3. The predicted molar refractivity (Wildman–Crippen MR) is 162 cm³/mol. The van der Waals surface area contributed by atoms with Gasteiger partial charge >= 0.3 is 6.09 Å². The number of hydrogen-bond acceptors (Lipinski definition) is 5. The van der Waals surface area contributed by atoms with Crippen molar-refractivity contribution in [3.63, 3.8) is 0 Å². The van der Waals surface area contributed by atoms with Crippen molar-refractivity contribution >= 4 is 51.7 Å². The molecule has 1 aliphatic carbocycles. The first-order valence-corrected chi connectivity index (χ1v) is 13.6. The number of carbonyl (C=O) groups excluding carboxylic acids is 1. The lowest BCUT2D eigenvalue weighted by atomic mass is 10.1. The summed E-state index contributed by atoms with van der Waals surface area (Å²) in [6, 6.07) is 27.2. The zero-order valence-corrected chi connectivity index (χ0v) is 23.9. The Hall–Kier alpha value is -4.07. The van der Waals surface area contributed by atoms with E-state index in [1.54, 1.807) is 0 Å². The average molecular weight is 575 g/mol. The molecule has 2 aliphatic rings. The Balaban J connectivity index is 1.62. The van der Waals surface area contributed by atoms with Crippen LogP contribution in [0.3, 0.4) is 0 Å². The quantitative estimate of drug-likeness (QED) is 0.162. The number of ether oxygens (including phenoxy) is 1. The Labute approximate surface area is 242 Å². The van der Waals surface area contributed by atoms with E-state index in [1.165, 1.54) is 0 Å². The van der Waals surface area contributed by atoms with Gasteiger partial charge < -0.3 is 19.9 Å². The van der Waals surface area contributed by atoms with Crippen molar-refractivity contribution in [3.8, 4) is 17.1 Å². The molecule has 0 atom stereocenters. The highest BCUT2D eigenvalue weighted by molar-refractivity contribution is 6.30. The Morgan fingerprint density at radius 2 is 1.62 bits per heavy atom. The standard InChI is InChI=1S/C31H29Cl2N5O2/c1-31(2,3)40-30(39)35-17-16-34-25-19-29-27(18-26(25)36-22-12-8-20(32)9-13-22)37-24-6-4-5-7-28(24)38(29)23-14-10-21(33)11-15-23/h4-15,18-19,36H,16-17H2,1-3H3,(H,35,39). The van der Waals surface area contributed by atoms with Crippen molar-refractivity contribution in [2.45, 2.75) is 26.4 Å². The van der Waals surface area contributed by atoms with Crippen LogP contribution in [0.5, 0.6) is 0 Å². The van der Waals surface area contributed by atoms with Gasteiger partial charge in [0.2, 0.25) is 0 Å². The van der Waals surface area contributed by atoms with E-state index in [2.05, 4.69) is 15.2 Å². The molecule has 0 aromatic heterocycles. The Morgan fingerprint density at radius 1 is 0.950 bits per heavy atom. The van der Waals surface area contributed by atoms with Crippen LogP contribution in [0.1, 0.15) is 20.8 Å². The summed E-state index contributed by atoms with van der Waals surface area (Å²) in [6.45, 7) is 6.15. The number of amides is 1. The largest absolute Gasteiger partial charge is 0.444 e. The van der Waals surface area contributed by atoms with E-state index in [0.29, 0.717) is 28.5 Å². The molecule has 0 saturated heterocycles. The van der Waals surface area contributed by atoms with Crippen molar-refractivity contribution < 1.29 is 9.53 Å². The van der Waals surface area contributed by atoms with Crippen molar-refractivity contribution in [2.24, 2.45) is 4.99 Å². The van der Waals surface area contributed by atoms with Gasteiger partial charge in [0.05, 0.1) is 40.0 Å². The molecule has 1 aliphatic heterocycles. The number of halogens is 2. The molecule has 40 heavy (non-hydrogen) atoms. The van der Waals surface area contributed by atoms with E-state index < -0.39 is 11.7 Å². The Morgan fingerprint density at radius 3 is 2.33 bits per heavy atom. The summed E-state index contributed by atoms with van der Waals surface area (Å²) < 4.78 is 7.49. The highest BCUT2D eigenvalue weighted by Crippen LogP contribution is 2.31. The highest BCUT2D eigenvalue weighted by Gasteiger charge is 2.17. The zero-order chi connectivity index (χ0) is 28.3. The number of hydrogen-bond donors (Lipinski definition) is 2. The summed E-state index contributed by atoms with van der Waals surface area (Å²) in [5.41, 5.74) is 5.49. The van der Waals surface area contributed by atoms with Crippen molar-refractivity contribution in [3.05, 3.63) is 100 Å². The first kappa shape index (κ1) is 27.5. The van der Waals surface area contributed by atoms with Gasteiger partial charge in [-0.2, -0.15) is 0 Å². The molecule has 0 saturated carbocycles. The van der Waals surface area contributed by atoms with E-state index in [1.807, 2.05) is 106 Å². The molecule has 0 unspecified atom stereocenters. The van der Waals surface area contributed by atoms with Crippen LogP contribution in [0.2, 0.25) is 10.0 Å². The molecule has 0 radical (unpaired) electrons. The van der Waals surface area contributed by atoms with Gasteiger partial charge in [-0.15, -0.1) is 0 Å². The second kappa shape index (κ2) is 11.6. The summed E-state index contributed by atoms with van der Waals surface area (Å²) in [5, 5.41) is 8.25. The van der Waals surface area contributed by atoms with Gasteiger partial charge in [0, 0.05) is 28.0 Å². The van der Waals surface area contributed by atoms with Crippen molar-refractivity contribution in [1.82, 2.24) is 14.9 Å². The molecular weight excluding hydrogens is 545 g/mol. The molecule has 5 rings (SSSR count). The van der Waals surface area contributed by atoms with Crippen LogP contribution >= 0.6 is 23.2 Å². The molecule has 9 heteroatoms. The lowest BCUT2D eigenvalue weighted by Crippen LogP contribution is -2.34. The molecule has 7 nitrogen and oxygen atoms in total. The summed E-state index contributed by atoms with van der Waals surface area (Å²) in [5.74, 6) is 0. The first-order chi connectivity index (χ1) is 19.2. The lowest BCUT2D eigenvalue weighted by Gasteiger charge is -2.20. The highest BCUT2D eigenvalue weighted by atomic mass is 35.5. The third kappa shape index (κ3) is 6.55. The molecule has 0 fully saturated rings. The maximum atomic E-state index is 12.1. The summed E-state index contributed by atoms with van der Waals surface area (Å²) in [6.07, 6.45) is -0.475. The first-order valence-electron chi connectivity index (χ1n) is 12.9. The van der Waals surface area contributed by atoms with Crippen LogP contribution in [0.25, 0.3) is 28.1 Å².